The third kappa shape index (κ3) is 4.36. The predicted octanol–water partition coefficient (Wildman–Crippen LogP) is 3.17. The predicted molar refractivity (Wildman–Crippen MR) is 92.6 cm³/mol. The van der Waals surface area contributed by atoms with Crippen LogP contribution in [0.5, 0.6) is 11.5 Å². The number of hydrogen-bond donors (Lipinski definition) is 1. The van der Waals surface area contributed by atoms with E-state index in [1.165, 1.54) is 12.0 Å². The second kappa shape index (κ2) is 7.81. The van der Waals surface area contributed by atoms with Crippen LogP contribution in [-0.4, -0.2) is 34.6 Å². The fraction of sp³-hybridized carbons (Fsp3) is 0.263. The number of ether oxygens (including phenoxy) is 2. The summed E-state index contributed by atoms with van der Waals surface area (Å²) >= 11 is 0. The largest absolute Gasteiger partial charge is 0.490 e. The molecule has 1 atom stereocenters. The van der Waals surface area contributed by atoms with Crippen molar-refractivity contribution < 1.29 is 19.0 Å². The Balaban J connectivity index is 1.57. The Labute approximate surface area is 146 Å². The molecule has 0 aliphatic heterocycles. The van der Waals surface area contributed by atoms with Gasteiger partial charge < -0.3 is 19.0 Å². The zero-order valence-electron chi connectivity index (χ0n) is 14.2. The highest BCUT2D eigenvalue weighted by Gasteiger charge is 2.13. The molecule has 3 rings (SSSR count). The zero-order chi connectivity index (χ0) is 17.6. The van der Waals surface area contributed by atoms with E-state index in [-0.39, 0.29) is 13.2 Å². The lowest BCUT2D eigenvalue weighted by Crippen LogP contribution is -2.25. The fourth-order valence-electron chi connectivity index (χ4n) is 2.44. The maximum atomic E-state index is 10.1. The molecule has 6 heteroatoms. The van der Waals surface area contributed by atoms with Crippen molar-refractivity contribution in [3.05, 3.63) is 60.0 Å². The Hall–Kier alpha value is -2.86. The molecule has 0 amide bonds. The van der Waals surface area contributed by atoms with Crippen molar-refractivity contribution in [1.82, 2.24) is 10.2 Å². The average molecular weight is 340 g/mol. The van der Waals surface area contributed by atoms with E-state index in [4.69, 9.17) is 13.9 Å². The molecule has 1 N–H and O–H groups in total. The highest BCUT2D eigenvalue weighted by atomic mass is 16.5. The highest BCUT2D eigenvalue weighted by molar-refractivity contribution is 5.62. The topological polar surface area (TPSA) is 77.6 Å². The first kappa shape index (κ1) is 17.0. The molecule has 0 aliphatic carbocycles. The van der Waals surface area contributed by atoms with Gasteiger partial charge in [-0.25, -0.2) is 0 Å². The van der Waals surface area contributed by atoms with Crippen LogP contribution in [0.2, 0.25) is 0 Å². The van der Waals surface area contributed by atoms with Crippen molar-refractivity contribution in [3.8, 4) is 23.0 Å². The van der Waals surface area contributed by atoms with Crippen LogP contribution < -0.4 is 9.47 Å². The number of para-hydroxylation sites is 1. The molecule has 0 bridgehead atoms. The molecule has 2 aromatic carbocycles. The minimum absolute atomic E-state index is 0.0933. The molecule has 0 fully saturated rings. The zero-order valence-corrected chi connectivity index (χ0v) is 14.2. The molecule has 0 radical (unpaired) electrons. The molecule has 0 saturated carbocycles. The van der Waals surface area contributed by atoms with Crippen molar-refractivity contribution in [1.29, 1.82) is 0 Å². The Morgan fingerprint density at radius 3 is 2.52 bits per heavy atom. The number of rotatable bonds is 7. The monoisotopic (exact) mass is 340 g/mol. The Morgan fingerprint density at radius 2 is 1.80 bits per heavy atom. The maximum Gasteiger partial charge on any atom is 0.251 e. The first-order valence-electron chi connectivity index (χ1n) is 8.00. The van der Waals surface area contributed by atoms with Crippen LogP contribution in [0.4, 0.5) is 0 Å². The Kier molecular flexibility index (Phi) is 5.30. The van der Waals surface area contributed by atoms with Crippen molar-refractivity contribution >= 4 is 0 Å². The maximum absolute atomic E-state index is 10.1. The van der Waals surface area contributed by atoms with E-state index in [9.17, 15) is 5.11 Å². The van der Waals surface area contributed by atoms with Gasteiger partial charge in [0.15, 0.2) is 0 Å². The Morgan fingerprint density at radius 1 is 1.04 bits per heavy atom. The van der Waals surface area contributed by atoms with E-state index in [1.807, 2.05) is 50.2 Å². The normalized spacial score (nSPS) is 12.0. The molecule has 1 unspecified atom stereocenters. The van der Waals surface area contributed by atoms with Gasteiger partial charge in [0.1, 0.15) is 30.8 Å². The van der Waals surface area contributed by atoms with Crippen LogP contribution in [-0.2, 0) is 0 Å². The molecule has 0 aliphatic rings. The van der Waals surface area contributed by atoms with Crippen LogP contribution in [0.25, 0.3) is 11.5 Å². The third-order valence-corrected chi connectivity index (χ3v) is 3.67. The first-order chi connectivity index (χ1) is 12.1. The lowest BCUT2D eigenvalue weighted by Gasteiger charge is -2.16. The molecular weight excluding hydrogens is 320 g/mol. The quantitative estimate of drug-likeness (QED) is 0.712. The SMILES string of the molecule is Cc1ccc(OCC(O)COc2ccccc2-c2nnco2)c(C)c1. The summed E-state index contributed by atoms with van der Waals surface area (Å²) in [6.45, 7) is 4.24. The minimum Gasteiger partial charge on any atom is -0.490 e. The number of aryl methyl sites for hydroxylation is 2. The highest BCUT2D eigenvalue weighted by Crippen LogP contribution is 2.28. The number of hydrogen-bond acceptors (Lipinski definition) is 6. The van der Waals surface area contributed by atoms with Gasteiger partial charge in [-0.1, -0.05) is 29.8 Å². The second-order valence-corrected chi connectivity index (χ2v) is 5.78. The van der Waals surface area contributed by atoms with Crippen LogP contribution in [0.3, 0.4) is 0 Å². The van der Waals surface area contributed by atoms with E-state index in [0.29, 0.717) is 17.2 Å². The molecule has 25 heavy (non-hydrogen) atoms. The van der Waals surface area contributed by atoms with Gasteiger partial charge in [-0.2, -0.15) is 0 Å². The van der Waals surface area contributed by atoms with Crippen molar-refractivity contribution in [3.63, 3.8) is 0 Å². The van der Waals surface area contributed by atoms with E-state index in [1.54, 1.807) is 6.07 Å². The number of benzene rings is 2. The minimum atomic E-state index is -0.767. The van der Waals surface area contributed by atoms with Crippen molar-refractivity contribution in [2.45, 2.75) is 20.0 Å². The fourth-order valence-corrected chi connectivity index (χ4v) is 2.44. The van der Waals surface area contributed by atoms with Gasteiger partial charge in [-0.3, -0.25) is 0 Å². The van der Waals surface area contributed by atoms with Gasteiger partial charge >= 0.3 is 0 Å². The number of aliphatic hydroxyl groups excluding tert-OH is 1. The van der Waals surface area contributed by atoms with Crippen molar-refractivity contribution in [2.75, 3.05) is 13.2 Å². The first-order valence-corrected chi connectivity index (χ1v) is 8.00. The van der Waals surface area contributed by atoms with Crippen LogP contribution in [0.1, 0.15) is 11.1 Å². The third-order valence-electron chi connectivity index (χ3n) is 3.67. The van der Waals surface area contributed by atoms with Crippen LogP contribution in [0, 0.1) is 13.8 Å². The van der Waals surface area contributed by atoms with Gasteiger partial charge in [-0.15, -0.1) is 10.2 Å². The van der Waals surface area contributed by atoms with Gasteiger partial charge in [-0.05, 0) is 37.6 Å². The van der Waals surface area contributed by atoms with E-state index in [0.717, 1.165) is 11.3 Å². The molecule has 1 aromatic heterocycles. The lowest BCUT2D eigenvalue weighted by atomic mass is 10.1. The molecule has 3 aromatic rings. The molecular formula is C19H20N2O4. The summed E-state index contributed by atoms with van der Waals surface area (Å²) in [7, 11) is 0. The van der Waals surface area contributed by atoms with E-state index >= 15 is 0 Å². The number of nitrogens with zero attached hydrogens (tertiary/aromatic N) is 2. The summed E-state index contributed by atoms with van der Waals surface area (Å²) < 4.78 is 16.6. The molecule has 0 spiro atoms. The van der Waals surface area contributed by atoms with E-state index < -0.39 is 6.10 Å². The standard InChI is InChI=1S/C19H20N2O4/c1-13-7-8-17(14(2)9-13)23-10-15(22)11-24-18-6-4-3-5-16(18)19-21-20-12-25-19/h3-9,12,15,22H,10-11H2,1-2H3. The summed E-state index contributed by atoms with van der Waals surface area (Å²) in [5, 5.41) is 17.7. The Bertz CT molecular complexity index is 818. The number of aromatic nitrogens is 2. The van der Waals surface area contributed by atoms with Gasteiger partial charge in [0.05, 0.1) is 5.56 Å². The smallest absolute Gasteiger partial charge is 0.251 e. The molecule has 1 heterocycles. The van der Waals surface area contributed by atoms with Gasteiger partial charge in [0.25, 0.3) is 5.89 Å². The van der Waals surface area contributed by atoms with Gasteiger partial charge in [0, 0.05) is 0 Å². The summed E-state index contributed by atoms with van der Waals surface area (Å²) in [6.07, 6.45) is 0.495. The summed E-state index contributed by atoms with van der Waals surface area (Å²) in [5.41, 5.74) is 2.89. The van der Waals surface area contributed by atoms with Crippen molar-refractivity contribution in [2.24, 2.45) is 0 Å². The van der Waals surface area contributed by atoms with E-state index in [2.05, 4.69) is 10.2 Å². The molecule has 130 valence electrons. The van der Waals surface area contributed by atoms with Crippen LogP contribution >= 0.6 is 0 Å². The summed E-state index contributed by atoms with van der Waals surface area (Å²) in [4.78, 5) is 0. The average Bonchev–Trinajstić information content (AvgIpc) is 3.14. The van der Waals surface area contributed by atoms with Gasteiger partial charge in [0.2, 0.25) is 6.39 Å². The molecule has 6 nitrogen and oxygen atoms in total. The second-order valence-electron chi connectivity index (χ2n) is 5.78. The van der Waals surface area contributed by atoms with Crippen LogP contribution in [0.15, 0.2) is 53.3 Å². The summed E-state index contributed by atoms with van der Waals surface area (Å²) in [6, 6.07) is 13.2. The lowest BCUT2D eigenvalue weighted by molar-refractivity contribution is 0.0625. The summed E-state index contributed by atoms with van der Waals surface area (Å²) in [5.74, 6) is 1.70. The number of aliphatic hydroxyl groups is 1. The molecule has 0 saturated heterocycles.